The molecule has 8 rings (SSSR count). The lowest BCUT2D eigenvalue weighted by atomic mass is 9.62. The third-order valence-electron chi connectivity index (χ3n) is 14.1. The number of benzene rings is 6. The van der Waals surface area contributed by atoms with Crippen LogP contribution in [-0.4, -0.2) is 21.9 Å². The lowest BCUT2D eigenvalue weighted by molar-refractivity contribution is -0.138. The van der Waals surface area contributed by atoms with Crippen LogP contribution in [0.15, 0.2) is 197 Å². The van der Waals surface area contributed by atoms with Gasteiger partial charge in [-0.3, -0.25) is 4.99 Å². The third kappa shape index (κ3) is 8.01. The molecule has 12 heteroatoms. The van der Waals surface area contributed by atoms with E-state index in [0.29, 0.717) is 10.8 Å². The van der Waals surface area contributed by atoms with E-state index in [1.54, 1.807) is 0 Å². The van der Waals surface area contributed by atoms with Crippen LogP contribution in [-0.2, 0) is 12.4 Å². The minimum Gasteiger partial charge on any atom is -0.398 e. The number of hydrogen-bond acceptors (Lipinski definition) is 4. The van der Waals surface area contributed by atoms with Crippen molar-refractivity contribution in [1.29, 1.82) is 10.5 Å². The first-order chi connectivity index (χ1) is 33.1. The molecule has 1 aliphatic carbocycles. The number of rotatable bonds is 7. The molecule has 6 aromatic rings. The summed E-state index contributed by atoms with van der Waals surface area (Å²) >= 11 is 0. The van der Waals surface area contributed by atoms with Gasteiger partial charge in [0.15, 0.2) is 13.5 Å². The van der Waals surface area contributed by atoms with Crippen LogP contribution in [0.5, 0.6) is 0 Å². The summed E-state index contributed by atoms with van der Waals surface area (Å²) in [5.74, 6) is 2.43. The molecule has 0 spiro atoms. The molecule has 0 aromatic heterocycles. The molecule has 0 unspecified atom stereocenters. The standard InChI is InChI=1S/C58H50F6N4Si2/c1-54(2,3)69(43-19-11-7-12-20-43,44-21-13-8-14-22-44)36-35-47-51-48(50(67)52(47)70(55(4,5)6,45-23-15-9-16-24-45)46-25-17-10-18-26-46)49(39-27-31-41(32-28-39)57(59,60)61)56(37-65,38-66)53(68-51)40-29-33-42(34-30-40)58(62,63)64/h7-34,49,53H,67H2,1-6H3/t49-,53+/m1/s1. The second-order valence-corrected chi connectivity index (χ2v) is 29.0. The Balaban J connectivity index is 1.61. The summed E-state index contributed by atoms with van der Waals surface area (Å²) in [6.07, 6.45) is -9.41. The van der Waals surface area contributed by atoms with Crippen molar-refractivity contribution in [2.45, 2.75) is 75.9 Å². The van der Waals surface area contributed by atoms with E-state index < -0.39 is 67.1 Å². The number of nitrogens with zero attached hydrogens (tertiary/aromatic N) is 3. The van der Waals surface area contributed by atoms with Crippen LogP contribution in [0.3, 0.4) is 0 Å². The molecule has 4 nitrogen and oxygen atoms in total. The lowest BCUT2D eigenvalue weighted by Crippen LogP contribution is -2.66. The van der Waals surface area contributed by atoms with E-state index in [-0.39, 0.29) is 28.1 Å². The third-order valence-corrected chi connectivity index (χ3v) is 25.1. The van der Waals surface area contributed by atoms with Gasteiger partial charge in [0.2, 0.25) is 8.07 Å². The first kappa shape index (κ1) is 49.3. The number of alkyl halides is 6. The molecule has 6 aromatic carbocycles. The van der Waals surface area contributed by atoms with Gasteiger partial charge < -0.3 is 5.73 Å². The highest BCUT2D eigenvalue weighted by atomic mass is 28.3. The number of hydrogen-bond donors (Lipinski definition) is 1. The van der Waals surface area contributed by atoms with Crippen molar-refractivity contribution in [2.24, 2.45) is 16.1 Å². The number of nitrogens with two attached hydrogens (primary N) is 1. The predicted molar refractivity (Wildman–Crippen MR) is 271 cm³/mol. The van der Waals surface area contributed by atoms with Gasteiger partial charge in [0.25, 0.3) is 0 Å². The second kappa shape index (κ2) is 18.0. The molecule has 2 atom stereocenters. The molecule has 2 aliphatic rings. The summed E-state index contributed by atoms with van der Waals surface area (Å²) < 4.78 is 85.1. The smallest absolute Gasteiger partial charge is 0.398 e. The fraction of sp³-hybridized carbons (Fsp3) is 0.224. The van der Waals surface area contributed by atoms with E-state index >= 15 is 0 Å². The Morgan fingerprint density at radius 1 is 0.529 bits per heavy atom. The van der Waals surface area contributed by atoms with E-state index in [4.69, 9.17) is 10.7 Å². The van der Waals surface area contributed by atoms with Crippen LogP contribution in [0.1, 0.15) is 75.8 Å². The molecular formula is C58H50F6N4Si2. The van der Waals surface area contributed by atoms with Crippen molar-refractivity contribution in [3.63, 3.8) is 0 Å². The Labute approximate surface area is 407 Å². The van der Waals surface area contributed by atoms with Crippen molar-refractivity contribution in [3.8, 4) is 23.6 Å². The van der Waals surface area contributed by atoms with Gasteiger partial charge in [-0.2, -0.15) is 36.9 Å². The molecular weight excluding hydrogens is 923 g/mol. The average molecular weight is 973 g/mol. The normalized spacial score (nSPS) is 17.4. The van der Waals surface area contributed by atoms with Crippen LogP contribution in [0, 0.1) is 39.5 Å². The highest BCUT2D eigenvalue weighted by Crippen LogP contribution is 2.59. The van der Waals surface area contributed by atoms with Crippen molar-refractivity contribution in [3.05, 3.63) is 214 Å². The molecule has 0 saturated carbocycles. The van der Waals surface area contributed by atoms with Crippen LogP contribution in [0.4, 0.5) is 26.3 Å². The fourth-order valence-electron chi connectivity index (χ4n) is 10.9. The molecule has 352 valence electrons. The first-order valence-corrected chi connectivity index (χ1v) is 26.8. The Bertz CT molecular complexity index is 3070. The summed E-state index contributed by atoms with van der Waals surface area (Å²) in [5.41, 5.74) is 9.08. The van der Waals surface area contributed by atoms with E-state index in [2.05, 4.69) is 114 Å². The zero-order valence-corrected chi connectivity index (χ0v) is 41.5. The Morgan fingerprint density at radius 2 is 0.914 bits per heavy atom. The Kier molecular flexibility index (Phi) is 12.6. The maximum absolute atomic E-state index is 14.3. The number of aliphatic imine (C=N–C) groups is 1. The molecule has 0 fully saturated rings. The molecule has 2 N–H and O–H groups in total. The van der Waals surface area contributed by atoms with Crippen LogP contribution in [0.25, 0.3) is 0 Å². The largest absolute Gasteiger partial charge is 0.416 e. The SMILES string of the molecule is CC(C)(C)[Si](C#CC1=C([Si](c2ccccc2)(c2ccccc2)C(C)(C)C)C(N)=C2C1=N[C@@H](c1ccc(C(F)(F)F)cc1)C(C#N)(C#N)[C@@H]2c1ccc(C(F)(F)F)cc1)(c1ccccc1)c1ccccc1. The van der Waals surface area contributed by atoms with E-state index in [9.17, 15) is 36.9 Å². The topological polar surface area (TPSA) is 86.0 Å². The van der Waals surface area contributed by atoms with Gasteiger partial charge in [-0.15, -0.1) is 5.54 Å². The molecule has 0 saturated heterocycles. The maximum Gasteiger partial charge on any atom is 0.416 e. The number of allylic oxidation sites excluding steroid dienone is 3. The van der Waals surface area contributed by atoms with Crippen LogP contribution < -0.4 is 26.5 Å². The fourth-order valence-corrected chi connectivity index (χ4v) is 21.2. The minimum atomic E-state index is -4.71. The molecule has 0 radical (unpaired) electrons. The quantitative estimate of drug-likeness (QED) is 0.0982. The van der Waals surface area contributed by atoms with Gasteiger partial charge in [0.1, 0.15) is 6.04 Å². The maximum atomic E-state index is 14.3. The van der Waals surface area contributed by atoms with Gasteiger partial charge in [-0.05, 0) is 71.4 Å². The van der Waals surface area contributed by atoms with Crippen molar-refractivity contribution < 1.29 is 26.3 Å². The Morgan fingerprint density at radius 3 is 1.27 bits per heavy atom. The first-order valence-electron chi connectivity index (χ1n) is 22.8. The lowest BCUT2D eigenvalue weighted by Gasteiger charge is -2.46. The van der Waals surface area contributed by atoms with Gasteiger partial charge in [0.05, 0.1) is 34.6 Å². The summed E-state index contributed by atoms with van der Waals surface area (Å²) in [5, 5.41) is 26.6. The highest BCUT2D eigenvalue weighted by Gasteiger charge is 2.61. The molecule has 1 heterocycles. The summed E-state index contributed by atoms with van der Waals surface area (Å²) in [6.45, 7) is 13.0. The summed E-state index contributed by atoms with van der Waals surface area (Å²) in [6, 6.07) is 51.7. The zero-order valence-electron chi connectivity index (χ0n) is 39.5. The second-order valence-electron chi connectivity index (χ2n) is 19.9. The highest BCUT2D eigenvalue weighted by molar-refractivity contribution is 7.11. The van der Waals surface area contributed by atoms with Crippen molar-refractivity contribution >= 4 is 42.6 Å². The minimum absolute atomic E-state index is 0.122. The van der Waals surface area contributed by atoms with Gasteiger partial charge in [-0.25, -0.2) is 0 Å². The van der Waals surface area contributed by atoms with Crippen LogP contribution >= 0.6 is 0 Å². The Hall–Kier alpha value is -7.18. The molecule has 1 aliphatic heterocycles. The average Bonchev–Trinajstić information content (AvgIpc) is 3.61. The van der Waals surface area contributed by atoms with Gasteiger partial charge >= 0.3 is 12.4 Å². The summed E-state index contributed by atoms with van der Waals surface area (Å²) in [7, 11) is -6.86. The predicted octanol–water partition coefficient (Wildman–Crippen LogP) is 11.8. The molecule has 0 amide bonds. The van der Waals surface area contributed by atoms with Crippen LogP contribution in [0.2, 0.25) is 10.1 Å². The molecule has 0 bridgehead atoms. The van der Waals surface area contributed by atoms with E-state index in [1.807, 2.05) is 72.8 Å². The zero-order chi connectivity index (χ0) is 50.5. The van der Waals surface area contributed by atoms with Gasteiger partial charge in [0, 0.05) is 17.2 Å². The van der Waals surface area contributed by atoms with Gasteiger partial charge in [-0.1, -0.05) is 193 Å². The molecule has 70 heavy (non-hydrogen) atoms. The number of fused-ring (bicyclic) bond motifs is 1. The van der Waals surface area contributed by atoms with Crippen molar-refractivity contribution in [2.75, 3.05) is 0 Å². The number of halogens is 6. The van der Waals surface area contributed by atoms with Crippen molar-refractivity contribution in [1.82, 2.24) is 0 Å². The summed E-state index contributed by atoms with van der Waals surface area (Å²) in [4.78, 5) is 5.36. The van der Waals surface area contributed by atoms with E-state index in [0.717, 1.165) is 45.0 Å². The monoisotopic (exact) mass is 972 g/mol. The number of nitriles is 2. The van der Waals surface area contributed by atoms with E-state index in [1.165, 1.54) is 24.3 Å².